The minimum Gasteiger partial charge on any atom is -0.481 e. The van der Waals surface area contributed by atoms with Crippen molar-refractivity contribution in [2.24, 2.45) is 17.8 Å². The number of pyridine rings is 1. The summed E-state index contributed by atoms with van der Waals surface area (Å²) in [5.74, 6) is 1.31. The molecule has 4 rings (SSSR count). The zero-order valence-corrected chi connectivity index (χ0v) is 18.5. The van der Waals surface area contributed by atoms with Gasteiger partial charge in [-0.2, -0.15) is 0 Å². The number of anilines is 1. The number of nitrogens with zero attached hydrogens (tertiary/aromatic N) is 4. The fourth-order valence-electron chi connectivity index (χ4n) is 5.62. The maximum atomic E-state index is 12.9. The first-order valence-corrected chi connectivity index (χ1v) is 12.0. The molecule has 3 heterocycles. The number of carboxylic acid groups (broad SMARTS) is 1. The predicted octanol–water partition coefficient (Wildman–Crippen LogP) is 2.72. The molecule has 170 valence electrons. The topological polar surface area (TPSA) is 77.0 Å². The highest BCUT2D eigenvalue weighted by molar-refractivity contribution is 5.79. The number of carbonyl (C=O) groups excluding carboxylic acids is 1. The van der Waals surface area contributed by atoms with Gasteiger partial charge in [0.25, 0.3) is 0 Å². The molecule has 1 aromatic rings. The van der Waals surface area contributed by atoms with Crippen molar-refractivity contribution in [2.75, 3.05) is 50.7 Å². The number of piperazine rings is 1. The molecule has 31 heavy (non-hydrogen) atoms. The molecular formula is C24H36N4O3. The number of amides is 1. The average Bonchev–Trinajstić information content (AvgIpc) is 3.33. The number of aliphatic carboxylic acids is 1. The van der Waals surface area contributed by atoms with Crippen LogP contribution in [0.4, 0.5) is 5.82 Å². The first-order valence-electron chi connectivity index (χ1n) is 12.0. The number of carbonyl (C=O) groups is 2. The molecule has 1 aliphatic carbocycles. The van der Waals surface area contributed by atoms with Gasteiger partial charge in [-0.05, 0) is 56.2 Å². The number of carboxylic acids is 1. The second-order valence-corrected chi connectivity index (χ2v) is 9.48. The minimum absolute atomic E-state index is 0.180. The lowest BCUT2D eigenvalue weighted by atomic mass is 9.80. The molecule has 2 atom stereocenters. The molecule has 0 unspecified atom stereocenters. The molecule has 1 aromatic heterocycles. The summed E-state index contributed by atoms with van der Waals surface area (Å²) in [6.07, 6.45) is 8.24. The van der Waals surface area contributed by atoms with E-state index in [1.165, 1.54) is 12.8 Å². The summed E-state index contributed by atoms with van der Waals surface area (Å²) in [6, 6.07) is 6.03. The first kappa shape index (κ1) is 22.1. The van der Waals surface area contributed by atoms with Gasteiger partial charge >= 0.3 is 5.97 Å². The second-order valence-electron chi connectivity index (χ2n) is 9.48. The molecule has 2 aliphatic heterocycles. The van der Waals surface area contributed by atoms with E-state index in [2.05, 4.69) is 25.8 Å². The maximum Gasteiger partial charge on any atom is 0.303 e. The van der Waals surface area contributed by atoms with Crippen LogP contribution in [0.15, 0.2) is 24.4 Å². The van der Waals surface area contributed by atoms with Gasteiger partial charge in [-0.15, -0.1) is 0 Å². The standard InChI is InChI=1S/C24H36N4O3/c29-23(30)17-20-9-12-28(24(31)19-5-1-2-6-19)18-21(20)8-11-26-13-15-27(16-14-26)22-7-3-4-10-25-22/h3-4,7,10,19-21H,1-2,5-6,8-9,11-18H2,(H,29,30)/t20-,21+/m0/s1. The number of likely N-dealkylation sites (tertiary alicyclic amines) is 1. The van der Waals surface area contributed by atoms with Gasteiger partial charge < -0.3 is 14.9 Å². The van der Waals surface area contributed by atoms with E-state index in [0.717, 1.165) is 77.3 Å². The van der Waals surface area contributed by atoms with Crippen LogP contribution in [-0.2, 0) is 9.59 Å². The summed E-state index contributed by atoms with van der Waals surface area (Å²) in [5, 5.41) is 9.38. The van der Waals surface area contributed by atoms with Gasteiger partial charge in [0.2, 0.25) is 5.91 Å². The normalized spacial score (nSPS) is 25.7. The SMILES string of the molecule is O=C(O)C[C@@H]1CCN(C(=O)C2CCCC2)C[C@H]1CCN1CCN(c2ccccn2)CC1. The van der Waals surface area contributed by atoms with Gasteiger partial charge in [-0.25, -0.2) is 4.98 Å². The Morgan fingerprint density at radius 1 is 1.00 bits per heavy atom. The summed E-state index contributed by atoms with van der Waals surface area (Å²) < 4.78 is 0. The molecule has 7 nitrogen and oxygen atoms in total. The van der Waals surface area contributed by atoms with Crippen LogP contribution in [-0.4, -0.2) is 77.6 Å². The first-order chi connectivity index (χ1) is 15.1. The summed E-state index contributed by atoms with van der Waals surface area (Å²) in [6.45, 7) is 6.37. The van der Waals surface area contributed by atoms with Crippen LogP contribution in [0.5, 0.6) is 0 Å². The molecule has 3 fully saturated rings. The Balaban J connectivity index is 1.29. The van der Waals surface area contributed by atoms with Crippen LogP contribution in [0.1, 0.15) is 44.9 Å². The lowest BCUT2D eigenvalue weighted by molar-refractivity contribution is -0.141. The average molecular weight is 429 g/mol. The Morgan fingerprint density at radius 2 is 1.77 bits per heavy atom. The summed E-state index contributed by atoms with van der Waals surface area (Å²) >= 11 is 0. The molecule has 7 heteroatoms. The molecule has 3 aliphatic rings. The zero-order valence-electron chi connectivity index (χ0n) is 18.5. The minimum atomic E-state index is -0.713. The molecular weight excluding hydrogens is 392 g/mol. The van der Waals surface area contributed by atoms with Gasteiger partial charge in [-0.3, -0.25) is 14.5 Å². The number of piperidine rings is 1. The van der Waals surface area contributed by atoms with Crippen LogP contribution in [0.25, 0.3) is 0 Å². The van der Waals surface area contributed by atoms with E-state index in [4.69, 9.17) is 0 Å². The van der Waals surface area contributed by atoms with E-state index in [9.17, 15) is 14.7 Å². The Kier molecular flexibility index (Phi) is 7.43. The number of hydrogen-bond acceptors (Lipinski definition) is 5. The smallest absolute Gasteiger partial charge is 0.303 e. The van der Waals surface area contributed by atoms with Crippen molar-refractivity contribution in [3.05, 3.63) is 24.4 Å². The van der Waals surface area contributed by atoms with E-state index in [1.54, 1.807) is 0 Å². The quantitative estimate of drug-likeness (QED) is 0.720. The van der Waals surface area contributed by atoms with Gasteiger partial charge in [0.05, 0.1) is 0 Å². The monoisotopic (exact) mass is 428 g/mol. The van der Waals surface area contributed by atoms with Crippen LogP contribution in [0.3, 0.4) is 0 Å². The van der Waals surface area contributed by atoms with Crippen molar-refractivity contribution in [3.8, 4) is 0 Å². The Morgan fingerprint density at radius 3 is 2.45 bits per heavy atom. The lowest BCUT2D eigenvalue weighted by Gasteiger charge is -2.41. The Hall–Kier alpha value is -2.15. The molecule has 0 spiro atoms. The fourth-order valence-corrected chi connectivity index (χ4v) is 5.62. The predicted molar refractivity (Wildman–Crippen MR) is 120 cm³/mol. The van der Waals surface area contributed by atoms with Crippen molar-refractivity contribution in [1.29, 1.82) is 0 Å². The van der Waals surface area contributed by atoms with Crippen LogP contribution >= 0.6 is 0 Å². The summed E-state index contributed by atoms with van der Waals surface area (Å²) in [5.41, 5.74) is 0. The molecule has 1 N–H and O–H groups in total. The second kappa shape index (κ2) is 10.4. The zero-order chi connectivity index (χ0) is 21.6. The molecule has 1 saturated carbocycles. The third kappa shape index (κ3) is 5.76. The van der Waals surface area contributed by atoms with Crippen LogP contribution < -0.4 is 4.90 Å². The summed E-state index contributed by atoms with van der Waals surface area (Å²) in [4.78, 5) is 35.7. The van der Waals surface area contributed by atoms with Crippen LogP contribution in [0, 0.1) is 17.8 Å². The molecule has 0 radical (unpaired) electrons. The Labute approximate surface area is 185 Å². The molecule has 0 bridgehead atoms. The van der Waals surface area contributed by atoms with E-state index in [0.29, 0.717) is 5.91 Å². The van der Waals surface area contributed by atoms with Crippen molar-refractivity contribution in [1.82, 2.24) is 14.8 Å². The van der Waals surface area contributed by atoms with Crippen molar-refractivity contribution >= 4 is 17.7 Å². The van der Waals surface area contributed by atoms with Gasteiger partial charge in [0.15, 0.2) is 0 Å². The van der Waals surface area contributed by atoms with Gasteiger partial charge in [0, 0.05) is 57.8 Å². The van der Waals surface area contributed by atoms with E-state index < -0.39 is 5.97 Å². The maximum absolute atomic E-state index is 12.9. The highest BCUT2D eigenvalue weighted by Crippen LogP contribution is 2.33. The van der Waals surface area contributed by atoms with Crippen LogP contribution in [0.2, 0.25) is 0 Å². The third-order valence-electron chi connectivity index (χ3n) is 7.51. The summed E-state index contributed by atoms with van der Waals surface area (Å²) in [7, 11) is 0. The molecule has 0 aromatic carbocycles. The Bertz CT molecular complexity index is 730. The number of hydrogen-bond donors (Lipinski definition) is 1. The molecule has 2 saturated heterocycles. The lowest BCUT2D eigenvalue weighted by Crippen LogP contribution is -2.49. The molecule has 1 amide bonds. The van der Waals surface area contributed by atoms with E-state index in [1.807, 2.05) is 18.3 Å². The van der Waals surface area contributed by atoms with Gasteiger partial charge in [-0.1, -0.05) is 18.9 Å². The van der Waals surface area contributed by atoms with Crippen molar-refractivity contribution in [2.45, 2.75) is 44.9 Å². The largest absolute Gasteiger partial charge is 0.481 e. The fraction of sp³-hybridized carbons (Fsp3) is 0.708. The number of aromatic nitrogens is 1. The van der Waals surface area contributed by atoms with E-state index in [-0.39, 0.29) is 24.2 Å². The van der Waals surface area contributed by atoms with E-state index >= 15 is 0 Å². The highest BCUT2D eigenvalue weighted by Gasteiger charge is 2.35. The van der Waals surface area contributed by atoms with Crippen molar-refractivity contribution < 1.29 is 14.7 Å². The highest BCUT2D eigenvalue weighted by atomic mass is 16.4. The van der Waals surface area contributed by atoms with Crippen molar-refractivity contribution in [3.63, 3.8) is 0 Å². The van der Waals surface area contributed by atoms with Gasteiger partial charge in [0.1, 0.15) is 5.82 Å². The third-order valence-corrected chi connectivity index (χ3v) is 7.51. The number of rotatable bonds is 7.